The van der Waals surface area contributed by atoms with Gasteiger partial charge in [-0.3, -0.25) is 0 Å². The topological polar surface area (TPSA) is 0 Å². The van der Waals surface area contributed by atoms with E-state index in [0.717, 1.165) is 6.07 Å². The number of rotatable bonds is 3. The Kier molecular flexibility index (Phi) is 3.52. The Bertz CT molecular complexity index is 471. The van der Waals surface area contributed by atoms with Crippen molar-refractivity contribution in [3.05, 3.63) is 71.3 Å². The maximum Gasteiger partial charge on any atom is 0.126 e. The lowest BCUT2D eigenvalue weighted by atomic mass is 9.94. The van der Waals surface area contributed by atoms with Gasteiger partial charge in [0, 0.05) is 6.07 Å². The minimum Gasteiger partial charge on any atom is -0.207 e. The summed E-state index contributed by atoms with van der Waals surface area (Å²) in [6.45, 7) is 2.05. The second-order valence-electron chi connectivity index (χ2n) is 4.29. The fourth-order valence-electron chi connectivity index (χ4n) is 1.98. The first-order chi connectivity index (χ1) is 8.15. The molecule has 2 heteroatoms. The van der Waals surface area contributed by atoms with Gasteiger partial charge in [0.2, 0.25) is 0 Å². The lowest BCUT2D eigenvalue weighted by Crippen LogP contribution is -1.99. The number of hydrogen-bond acceptors (Lipinski definition) is 0. The van der Waals surface area contributed by atoms with Crippen LogP contribution in [-0.2, 0) is 6.42 Å². The third-order valence-electron chi connectivity index (χ3n) is 2.83. The first kappa shape index (κ1) is 11.8. The van der Waals surface area contributed by atoms with Gasteiger partial charge >= 0.3 is 0 Å². The van der Waals surface area contributed by atoms with E-state index in [1.807, 2.05) is 30.3 Å². The highest BCUT2D eigenvalue weighted by molar-refractivity contribution is 5.24. The van der Waals surface area contributed by atoms with E-state index in [-0.39, 0.29) is 5.92 Å². The Balaban J connectivity index is 2.16. The highest BCUT2D eigenvalue weighted by Crippen LogP contribution is 2.21. The van der Waals surface area contributed by atoms with Crippen LogP contribution >= 0.6 is 0 Å². The monoisotopic (exact) mass is 232 g/mol. The van der Waals surface area contributed by atoms with Gasteiger partial charge < -0.3 is 0 Å². The number of hydrogen-bond donors (Lipinski definition) is 0. The summed E-state index contributed by atoms with van der Waals surface area (Å²) in [6.07, 6.45) is 0.638. The predicted octanol–water partition coefficient (Wildman–Crippen LogP) is 4.31. The van der Waals surface area contributed by atoms with Crippen molar-refractivity contribution in [2.75, 3.05) is 0 Å². The first-order valence-electron chi connectivity index (χ1n) is 5.65. The van der Waals surface area contributed by atoms with Crippen molar-refractivity contribution in [2.24, 2.45) is 0 Å². The molecule has 88 valence electrons. The van der Waals surface area contributed by atoms with E-state index >= 15 is 0 Å². The highest BCUT2D eigenvalue weighted by Gasteiger charge is 2.08. The summed E-state index contributed by atoms with van der Waals surface area (Å²) in [5.41, 5.74) is 1.87. The molecule has 0 saturated carbocycles. The first-order valence-corrected chi connectivity index (χ1v) is 5.65. The molecule has 2 aromatic rings. The van der Waals surface area contributed by atoms with E-state index < -0.39 is 11.6 Å². The molecule has 0 spiro atoms. The van der Waals surface area contributed by atoms with Crippen LogP contribution in [-0.4, -0.2) is 0 Å². The van der Waals surface area contributed by atoms with Gasteiger partial charge in [-0.1, -0.05) is 37.3 Å². The van der Waals surface area contributed by atoms with Gasteiger partial charge in [0.25, 0.3) is 0 Å². The van der Waals surface area contributed by atoms with Crippen molar-refractivity contribution in [3.63, 3.8) is 0 Å². The van der Waals surface area contributed by atoms with Gasteiger partial charge in [0.1, 0.15) is 11.6 Å². The molecule has 0 aromatic heterocycles. The third kappa shape index (κ3) is 3.13. The van der Waals surface area contributed by atoms with Crippen LogP contribution in [0.25, 0.3) is 0 Å². The van der Waals surface area contributed by atoms with E-state index in [9.17, 15) is 8.78 Å². The molecule has 1 atom stereocenters. The molecule has 2 rings (SSSR count). The molecule has 0 amide bonds. The van der Waals surface area contributed by atoms with Crippen LogP contribution < -0.4 is 0 Å². The summed E-state index contributed by atoms with van der Waals surface area (Å²) in [5.74, 6) is -0.780. The second-order valence-corrected chi connectivity index (χ2v) is 4.29. The molecule has 0 radical (unpaired) electrons. The molecule has 0 nitrogen and oxygen atoms in total. The van der Waals surface area contributed by atoms with Gasteiger partial charge in [0.05, 0.1) is 0 Å². The van der Waals surface area contributed by atoms with Crippen molar-refractivity contribution in [2.45, 2.75) is 19.3 Å². The lowest BCUT2D eigenvalue weighted by molar-refractivity contribution is 0.577. The standard InChI is InChI=1S/C15H14F2/c1-11(13-5-3-2-4-6-13)7-12-8-14(16)10-15(17)9-12/h2-6,8-11H,7H2,1H3/t11-/m1/s1. The number of benzene rings is 2. The molecule has 0 fully saturated rings. The summed E-state index contributed by atoms with van der Waals surface area (Å²) in [6, 6.07) is 13.6. The average molecular weight is 232 g/mol. The Morgan fingerprint density at radius 2 is 1.53 bits per heavy atom. The van der Waals surface area contributed by atoms with Gasteiger partial charge in [-0.15, -0.1) is 0 Å². The minimum atomic E-state index is -0.514. The molecule has 0 unspecified atom stereocenters. The van der Waals surface area contributed by atoms with Crippen molar-refractivity contribution in [3.8, 4) is 0 Å². The van der Waals surface area contributed by atoms with Crippen LogP contribution in [0.1, 0.15) is 24.0 Å². The van der Waals surface area contributed by atoms with Crippen LogP contribution in [0.5, 0.6) is 0 Å². The zero-order chi connectivity index (χ0) is 12.3. The summed E-state index contributed by atoms with van der Waals surface area (Å²) in [7, 11) is 0. The Hall–Kier alpha value is -1.70. The average Bonchev–Trinajstić information content (AvgIpc) is 2.28. The van der Waals surface area contributed by atoms with E-state index in [1.54, 1.807) is 0 Å². The van der Waals surface area contributed by atoms with Crippen molar-refractivity contribution >= 4 is 0 Å². The molecule has 0 saturated heterocycles. The molecule has 0 aliphatic rings. The Labute approximate surface area is 99.9 Å². The summed E-state index contributed by atoms with van der Waals surface area (Å²) in [5, 5.41) is 0. The van der Waals surface area contributed by atoms with Crippen LogP contribution in [0.15, 0.2) is 48.5 Å². The molecule has 17 heavy (non-hydrogen) atoms. The minimum absolute atomic E-state index is 0.248. The molecule has 0 bridgehead atoms. The fraction of sp³-hybridized carbons (Fsp3) is 0.200. The molecule has 0 N–H and O–H groups in total. The fourth-order valence-corrected chi connectivity index (χ4v) is 1.98. The normalized spacial score (nSPS) is 12.4. The zero-order valence-electron chi connectivity index (χ0n) is 9.66. The van der Waals surface area contributed by atoms with E-state index in [4.69, 9.17) is 0 Å². The van der Waals surface area contributed by atoms with Crippen LogP contribution in [0.2, 0.25) is 0 Å². The Morgan fingerprint density at radius 1 is 0.941 bits per heavy atom. The van der Waals surface area contributed by atoms with Crippen molar-refractivity contribution in [1.82, 2.24) is 0 Å². The molecule has 0 aliphatic carbocycles. The summed E-state index contributed by atoms with van der Waals surface area (Å²) < 4.78 is 26.1. The second kappa shape index (κ2) is 5.09. The van der Waals surface area contributed by atoms with Crippen molar-refractivity contribution in [1.29, 1.82) is 0 Å². The maximum absolute atomic E-state index is 13.0. The quantitative estimate of drug-likeness (QED) is 0.739. The zero-order valence-corrected chi connectivity index (χ0v) is 9.66. The Morgan fingerprint density at radius 3 is 2.12 bits per heavy atom. The summed E-state index contributed by atoms with van der Waals surface area (Å²) in [4.78, 5) is 0. The SMILES string of the molecule is C[C@H](Cc1cc(F)cc(F)c1)c1ccccc1. The third-order valence-corrected chi connectivity index (χ3v) is 2.83. The summed E-state index contributed by atoms with van der Waals surface area (Å²) >= 11 is 0. The van der Waals surface area contributed by atoms with Gasteiger partial charge in [-0.25, -0.2) is 8.78 Å². The van der Waals surface area contributed by atoms with Gasteiger partial charge in [-0.2, -0.15) is 0 Å². The van der Waals surface area contributed by atoms with Crippen LogP contribution in [0, 0.1) is 11.6 Å². The van der Waals surface area contributed by atoms with Crippen molar-refractivity contribution < 1.29 is 8.78 Å². The number of halogens is 2. The van der Waals surface area contributed by atoms with Gasteiger partial charge in [-0.05, 0) is 35.6 Å². The smallest absolute Gasteiger partial charge is 0.126 e. The largest absolute Gasteiger partial charge is 0.207 e. The lowest BCUT2D eigenvalue weighted by Gasteiger charge is -2.12. The maximum atomic E-state index is 13.0. The molecule has 0 heterocycles. The van der Waals surface area contributed by atoms with Gasteiger partial charge in [0.15, 0.2) is 0 Å². The van der Waals surface area contributed by atoms with Crippen LogP contribution in [0.4, 0.5) is 8.78 Å². The van der Waals surface area contributed by atoms with E-state index in [2.05, 4.69) is 6.92 Å². The van der Waals surface area contributed by atoms with E-state index in [0.29, 0.717) is 12.0 Å². The predicted molar refractivity (Wildman–Crippen MR) is 64.9 cm³/mol. The van der Waals surface area contributed by atoms with Crippen LogP contribution in [0.3, 0.4) is 0 Å². The molecule has 0 aliphatic heterocycles. The molecular weight excluding hydrogens is 218 g/mol. The molecular formula is C15H14F2. The molecule has 2 aromatic carbocycles. The van der Waals surface area contributed by atoms with E-state index in [1.165, 1.54) is 17.7 Å². The highest BCUT2D eigenvalue weighted by atomic mass is 19.1.